The van der Waals surface area contributed by atoms with Crippen molar-refractivity contribution in [1.29, 1.82) is 0 Å². The van der Waals surface area contributed by atoms with Crippen molar-refractivity contribution in [3.05, 3.63) is 33.0 Å². The molecule has 0 saturated heterocycles. The molecule has 0 radical (unpaired) electrons. The van der Waals surface area contributed by atoms with Gasteiger partial charge in [0.2, 0.25) is 0 Å². The first-order valence-corrected chi connectivity index (χ1v) is 6.59. The monoisotopic (exact) mass is 360 g/mol. The molecule has 0 fully saturated rings. The van der Waals surface area contributed by atoms with Gasteiger partial charge in [0.25, 0.3) is 6.43 Å². The fourth-order valence-corrected chi connectivity index (χ4v) is 1.99. The summed E-state index contributed by atoms with van der Waals surface area (Å²) in [7, 11) is 0. The summed E-state index contributed by atoms with van der Waals surface area (Å²) in [6.07, 6.45) is -2.28. The van der Waals surface area contributed by atoms with Crippen LogP contribution in [0.5, 0.6) is 0 Å². The van der Waals surface area contributed by atoms with Crippen LogP contribution < -0.4 is 11.3 Å². The SMILES string of the molecule is NNC(CCOCC(F)F)c1ccc(Br)c(Cl)c1F. The average molecular weight is 362 g/mol. The maximum atomic E-state index is 13.9. The van der Waals surface area contributed by atoms with E-state index < -0.39 is 24.9 Å². The van der Waals surface area contributed by atoms with E-state index in [0.717, 1.165) is 0 Å². The Bertz CT molecular complexity index is 423. The van der Waals surface area contributed by atoms with E-state index in [2.05, 4.69) is 21.4 Å². The van der Waals surface area contributed by atoms with E-state index in [0.29, 0.717) is 4.47 Å². The summed E-state index contributed by atoms with van der Waals surface area (Å²) < 4.78 is 42.8. The molecule has 1 aromatic rings. The zero-order chi connectivity index (χ0) is 14.4. The largest absolute Gasteiger partial charge is 0.375 e. The lowest BCUT2D eigenvalue weighted by Gasteiger charge is -2.18. The molecule has 3 N–H and O–H groups in total. The summed E-state index contributed by atoms with van der Waals surface area (Å²) in [6, 6.07) is 2.54. The zero-order valence-corrected chi connectivity index (χ0v) is 12.1. The quantitative estimate of drug-likeness (QED) is 0.339. The van der Waals surface area contributed by atoms with E-state index in [-0.39, 0.29) is 23.6 Å². The first-order valence-electron chi connectivity index (χ1n) is 5.42. The number of nitrogens with one attached hydrogen (secondary N) is 1. The molecule has 1 unspecified atom stereocenters. The van der Waals surface area contributed by atoms with Crippen LogP contribution in [-0.4, -0.2) is 19.6 Å². The third-order valence-electron chi connectivity index (χ3n) is 2.44. The van der Waals surface area contributed by atoms with Gasteiger partial charge in [-0.25, -0.2) is 13.2 Å². The normalized spacial score (nSPS) is 13.0. The van der Waals surface area contributed by atoms with Gasteiger partial charge in [0.1, 0.15) is 12.4 Å². The standard InChI is InChI=1S/C11H13BrClF3N2O/c12-7-2-1-6(11(16)10(7)13)8(18-17)3-4-19-5-9(14)15/h1-2,8-9,18H,3-5,17H2. The van der Waals surface area contributed by atoms with Crippen LogP contribution in [0.15, 0.2) is 16.6 Å². The Balaban J connectivity index is 2.67. The van der Waals surface area contributed by atoms with Crippen molar-refractivity contribution < 1.29 is 17.9 Å². The van der Waals surface area contributed by atoms with Crippen molar-refractivity contribution in [3.63, 3.8) is 0 Å². The number of nitrogens with two attached hydrogens (primary N) is 1. The van der Waals surface area contributed by atoms with Crippen LogP contribution in [0.25, 0.3) is 0 Å². The molecule has 0 amide bonds. The first-order chi connectivity index (χ1) is 8.97. The molecule has 0 aromatic heterocycles. The van der Waals surface area contributed by atoms with Crippen LogP contribution in [0, 0.1) is 5.82 Å². The highest BCUT2D eigenvalue weighted by molar-refractivity contribution is 9.10. The predicted molar refractivity (Wildman–Crippen MR) is 70.6 cm³/mol. The average Bonchev–Trinajstić information content (AvgIpc) is 2.37. The van der Waals surface area contributed by atoms with E-state index >= 15 is 0 Å². The van der Waals surface area contributed by atoms with Gasteiger partial charge < -0.3 is 4.74 Å². The fraction of sp³-hybridized carbons (Fsp3) is 0.455. The topological polar surface area (TPSA) is 47.3 Å². The van der Waals surface area contributed by atoms with E-state index in [1.807, 2.05) is 0 Å². The van der Waals surface area contributed by atoms with E-state index in [1.54, 1.807) is 6.07 Å². The molecule has 1 rings (SSSR count). The molecule has 0 aliphatic rings. The summed E-state index contributed by atoms with van der Waals surface area (Å²) in [6.45, 7) is -0.618. The van der Waals surface area contributed by atoms with Gasteiger partial charge in [-0.1, -0.05) is 17.7 Å². The number of benzene rings is 1. The number of hydrogen-bond donors (Lipinski definition) is 2. The minimum absolute atomic E-state index is 0.0341. The Morgan fingerprint density at radius 3 is 2.68 bits per heavy atom. The highest BCUT2D eigenvalue weighted by Crippen LogP contribution is 2.31. The Labute approximate surface area is 122 Å². The summed E-state index contributed by atoms with van der Waals surface area (Å²) in [5.74, 6) is 4.72. The number of rotatable bonds is 7. The molecular formula is C11H13BrClF3N2O. The number of hydrogen-bond acceptors (Lipinski definition) is 3. The third-order valence-corrected chi connectivity index (χ3v) is 3.69. The van der Waals surface area contributed by atoms with Gasteiger partial charge >= 0.3 is 0 Å². The van der Waals surface area contributed by atoms with E-state index in [9.17, 15) is 13.2 Å². The van der Waals surface area contributed by atoms with Gasteiger partial charge in [0, 0.05) is 16.6 Å². The van der Waals surface area contributed by atoms with Crippen molar-refractivity contribution in [2.75, 3.05) is 13.2 Å². The maximum absolute atomic E-state index is 13.9. The van der Waals surface area contributed by atoms with Gasteiger partial charge in [-0.15, -0.1) is 0 Å². The molecule has 19 heavy (non-hydrogen) atoms. The third kappa shape index (κ3) is 4.92. The molecule has 0 spiro atoms. The molecule has 3 nitrogen and oxygen atoms in total. The van der Waals surface area contributed by atoms with Crippen LogP contribution in [0.3, 0.4) is 0 Å². The van der Waals surface area contributed by atoms with Gasteiger partial charge in [-0.2, -0.15) is 0 Å². The van der Waals surface area contributed by atoms with Crippen molar-refractivity contribution in [3.8, 4) is 0 Å². The van der Waals surface area contributed by atoms with Crippen molar-refractivity contribution in [2.45, 2.75) is 18.9 Å². The molecule has 0 aliphatic carbocycles. The van der Waals surface area contributed by atoms with Gasteiger partial charge in [-0.3, -0.25) is 11.3 Å². The Morgan fingerprint density at radius 2 is 2.11 bits per heavy atom. The summed E-state index contributed by atoms with van der Waals surface area (Å²) in [4.78, 5) is 0. The van der Waals surface area contributed by atoms with Crippen LogP contribution >= 0.6 is 27.5 Å². The minimum Gasteiger partial charge on any atom is -0.375 e. The molecule has 0 heterocycles. The first kappa shape index (κ1) is 16.7. The summed E-state index contributed by atoms with van der Waals surface area (Å²) in [5, 5.41) is -0.0498. The molecule has 108 valence electrons. The molecular weight excluding hydrogens is 348 g/mol. The number of halogens is 5. The second-order valence-corrected chi connectivity index (χ2v) is 4.97. The highest BCUT2D eigenvalue weighted by Gasteiger charge is 2.18. The summed E-state index contributed by atoms with van der Waals surface area (Å²) >= 11 is 8.87. The molecule has 8 heteroatoms. The Kier molecular flexibility index (Phi) is 7.09. The summed E-state index contributed by atoms with van der Waals surface area (Å²) in [5.41, 5.74) is 2.67. The van der Waals surface area contributed by atoms with Crippen LogP contribution in [0.4, 0.5) is 13.2 Å². The predicted octanol–water partition coefficient (Wildman–Crippen LogP) is 3.42. The van der Waals surface area contributed by atoms with Gasteiger partial charge in [0.05, 0.1) is 11.1 Å². The van der Waals surface area contributed by atoms with Crippen molar-refractivity contribution >= 4 is 27.5 Å². The van der Waals surface area contributed by atoms with Gasteiger partial charge in [0.15, 0.2) is 0 Å². The number of ether oxygens (including phenoxy) is 1. The molecule has 0 saturated carbocycles. The lowest BCUT2D eigenvalue weighted by atomic mass is 10.0. The second-order valence-electron chi connectivity index (χ2n) is 3.74. The molecule has 0 aliphatic heterocycles. The highest BCUT2D eigenvalue weighted by atomic mass is 79.9. The minimum atomic E-state index is -2.52. The number of alkyl halides is 2. The van der Waals surface area contributed by atoms with E-state index in [4.69, 9.17) is 22.2 Å². The number of hydrazine groups is 1. The van der Waals surface area contributed by atoms with E-state index in [1.165, 1.54) is 6.07 Å². The zero-order valence-electron chi connectivity index (χ0n) is 9.81. The lowest BCUT2D eigenvalue weighted by molar-refractivity contribution is 0.0143. The van der Waals surface area contributed by atoms with Crippen LogP contribution in [-0.2, 0) is 4.74 Å². The van der Waals surface area contributed by atoms with Gasteiger partial charge in [-0.05, 0) is 28.4 Å². The second kappa shape index (κ2) is 8.06. The smallest absolute Gasteiger partial charge is 0.261 e. The molecule has 1 aromatic carbocycles. The molecule has 1 atom stereocenters. The fourth-order valence-electron chi connectivity index (χ4n) is 1.51. The molecule has 0 bridgehead atoms. The van der Waals surface area contributed by atoms with Crippen LogP contribution in [0.1, 0.15) is 18.0 Å². The van der Waals surface area contributed by atoms with Crippen molar-refractivity contribution in [2.24, 2.45) is 5.84 Å². The van der Waals surface area contributed by atoms with Crippen molar-refractivity contribution in [1.82, 2.24) is 5.43 Å². The Hall–Kier alpha value is -0.340. The maximum Gasteiger partial charge on any atom is 0.261 e. The Morgan fingerprint density at radius 1 is 1.42 bits per heavy atom. The lowest BCUT2D eigenvalue weighted by Crippen LogP contribution is -2.30. The van der Waals surface area contributed by atoms with Crippen LogP contribution in [0.2, 0.25) is 5.02 Å².